The minimum absolute atomic E-state index is 0.00216. The van der Waals surface area contributed by atoms with Gasteiger partial charge in [-0.25, -0.2) is 4.79 Å². The third-order valence-electron chi connectivity index (χ3n) is 6.33. The predicted molar refractivity (Wildman–Crippen MR) is 103 cm³/mol. The molecule has 2 atom stereocenters. The van der Waals surface area contributed by atoms with Crippen molar-refractivity contribution in [2.75, 3.05) is 26.2 Å². The molecule has 7 nitrogen and oxygen atoms in total. The highest BCUT2D eigenvalue weighted by Gasteiger charge is 2.52. The van der Waals surface area contributed by atoms with Crippen molar-refractivity contribution in [2.24, 2.45) is 5.92 Å². The summed E-state index contributed by atoms with van der Waals surface area (Å²) in [6.45, 7) is 6.86. The first-order valence-electron chi connectivity index (χ1n) is 10.6. The van der Waals surface area contributed by atoms with Crippen LogP contribution in [0.1, 0.15) is 65.2 Å². The van der Waals surface area contributed by atoms with Gasteiger partial charge in [0, 0.05) is 25.7 Å². The molecule has 0 aromatic rings. The smallest absolute Gasteiger partial charge is 0.325 e. The van der Waals surface area contributed by atoms with E-state index in [9.17, 15) is 14.4 Å². The third-order valence-corrected chi connectivity index (χ3v) is 6.33. The molecule has 152 valence electrons. The van der Waals surface area contributed by atoms with Crippen molar-refractivity contribution in [1.29, 1.82) is 0 Å². The van der Waals surface area contributed by atoms with E-state index in [4.69, 9.17) is 0 Å². The zero-order valence-electron chi connectivity index (χ0n) is 16.8. The lowest BCUT2D eigenvalue weighted by Gasteiger charge is -2.33. The van der Waals surface area contributed by atoms with Gasteiger partial charge in [-0.2, -0.15) is 0 Å². The Bertz CT molecular complexity index is 574. The van der Waals surface area contributed by atoms with Gasteiger partial charge in [-0.3, -0.25) is 14.5 Å². The van der Waals surface area contributed by atoms with Crippen molar-refractivity contribution < 1.29 is 14.4 Å². The van der Waals surface area contributed by atoms with Crippen LogP contribution < -0.4 is 10.6 Å². The van der Waals surface area contributed by atoms with Crippen LogP contribution in [0.15, 0.2) is 0 Å². The number of piperidine rings is 1. The lowest BCUT2D eigenvalue weighted by atomic mass is 9.96. The minimum atomic E-state index is -0.628. The fraction of sp³-hybridized carbons (Fsp3) is 0.850. The molecule has 4 amide bonds. The molecule has 2 saturated heterocycles. The first-order chi connectivity index (χ1) is 12.9. The number of carbonyl (C=O) groups excluding carboxylic acids is 3. The van der Waals surface area contributed by atoms with Crippen LogP contribution in [0.4, 0.5) is 4.79 Å². The topological polar surface area (TPSA) is 81.8 Å². The molecule has 3 rings (SSSR count). The molecular weight excluding hydrogens is 344 g/mol. The molecule has 1 aliphatic carbocycles. The SMILES string of the molecule is CCCC(C)NC(=O)C1CCCN(CCN2C(=O)NC3(CCCC3)C2=O)C1. The molecule has 7 heteroatoms. The Labute approximate surface area is 162 Å². The van der Waals surface area contributed by atoms with E-state index >= 15 is 0 Å². The van der Waals surface area contributed by atoms with Gasteiger partial charge < -0.3 is 15.5 Å². The van der Waals surface area contributed by atoms with Gasteiger partial charge >= 0.3 is 6.03 Å². The van der Waals surface area contributed by atoms with Gasteiger partial charge in [-0.15, -0.1) is 0 Å². The number of hydrogen-bond acceptors (Lipinski definition) is 4. The fourth-order valence-corrected chi connectivity index (χ4v) is 4.78. The van der Waals surface area contributed by atoms with Crippen LogP contribution in [-0.2, 0) is 9.59 Å². The number of hydrogen-bond donors (Lipinski definition) is 2. The van der Waals surface area contributed by atoms with Crippen LogP contribution >= 0.6 is 0 Å². The first kappa shape index (κ1) is 20.1. The summed E-state index contributed by atoms with van der Waals surface area (Å²) in [6, 6.07) is -0.0343. The molecule has 1 saturated carbocycles. The van der Waals surface area contributed by atoms with Crippen molar-refractivity contribution >= 4 is 17.8 Å². The lowest BCUT2D eigenvalue weighted by Crippen LogP contribution is -2.48. The summed E-state index contributed by atoms with van der Waals surface area (Å²) in [5, 5.41) is 6.05. The summed E-state index contributed by atoms with van der Waals surface area (Å²) in [6.07, 6.45) is 7.46. The molecule has 2 N–H and O–H groups in total. The molecule has 0 radical (unpaired) electrons. The van der Waals surface area contributed by atoms with E-state index in [0.29, 0.717) is 19.6 Å². The van der Waals surface area contributed by atoms with E-state index in [1.807, 2.05) is 0 Å². The highest BCUT2D eigenvalue weighted by atomic mass is 16.2. The van der Waals surface area contributed by atoms with E-state index in [-0.39, 0.29) is 29.8 Å². The van der Waals surface area contributed by atoms with Gasteiger partial charge in [-0.05, 0) is 45.6 Å². The molecule has 2 heterocycles. The quantitative estimate of drug-likeness (QED) is 0.663. The van der Waals surface area contributed by atoms with E-state index in [1.165, 1.54) is 4.90 Å². The molecule has 0 bridgehead atoms. The van der Waals surface area contributed by atoms with Gasteiger partial charge in [0.1, 0.15) is 5.54 Å². The number of rotatable bonds is 7. The largest absolute Gasteiger partial charge is 0.353 e. The Hall–Kier alpha value is -1.63. The maximum atomic E-state index is 12.7. The minimum Gasteiger partial charge on any atom is -0.353 e. The van der Waals surface area contributed by atoms with Crippen LogP contribution in [0, 0.1) is 5.92 Å². The van der Waals surface area contributed by atoms with Crippen LogP contribution in [0.25, 0.3) is 0 Å². The Kier molecular flexibility index (Phi) is 6.40. The molecule has 2 unspecified atom stereocenters. The number of amides is 4. The van der Waals surface area contributed by atoms with Gasteiger partial charge in [0.2, 0.25) is 5.91 Å². The summed E-state index contributed by atoms with van der Waals surface area (Å²) < 4.78 is 0. The summed E-state index contributed by atoms with van der Waals surface area (Å²) in [5.74, 6) is 0.0904. The highest BCUT2D eigenvalue weighted by Crippen LogP contribution is 2.35. The maximum Gasteiger partial charge on any atom is 0.325 e. The van der Waals surface area contributed by atoms with Crippen molar-refractivity contribution in [3.05, 3.63) is 0 Å². The van der Waals surface area contributed by atoms with Crippen molar-refractivity contribution in [2.45, 2.75) is 76.8 Å². The second kappa shape index (κ2) is 8.59. The third kappa shape index (κ3) is 4.45. The summed E-state index contributed by atoms with van der Waals surface area (Å²) >= 11 is 0. The zero-order valence-corrected chi connectivity index (χ0v) is 16.8. The molecule has 3 aliphatic rings. The second-order valence-corrected chi connectivity index (χ2v) is 8.51. The van der Waals surface area contributed by atoms with Crippen LogP contribution in [-0.4, -0.2) is 65.4 Å². The van der Waals surface area contributed by atoms with Gasteiger partial charge in [0.05, 0.1) is 5.92 Å². The van der Waals surface area contributed by atoms with E-state index < -0.39 is 5.54 Å². The first-order valence-corrected chi connectivity index (χ1v) is 10.6. The Morgan fingerprint density at radius 1 is 1.26 bits per heavy atom. The number of nitrogens with zero attached hydrogens (tertiary/aromatic N) is 2. The standard InChI is InChI=1S/C20H34N4O3/c1-3-7-15(2)21-17(25)16-8-6-11-23(14-16)12-13-24-18(26)20(22-19(24)27)9-4-5-10-20/h15-16H,3-14H2,1-2H3,(H,21,25)(H,22,27). The summed E-state index contributed by atoms with van der Waals surface area (Å²) in [5.41, 5.74) is -0.628. The van der Waals surface area contributed by atoms with Gasteiger partial charge in [-0.1, -0.05) is 26.2 Å². The lowest BCUT2D eigenvalue weighted by molar-refractivity contribution is -0.132. The van der Waals surface area contributed by atoms with Gasteiger partial charge in [0.15, 0.2) is 0 Å². The number of likely N-dealkylation sites (tertiary alicyclic amines) is 1. The summed E-state index contributed by atoms with van der Waals surface area (Å²) in [4.78, 5) is 41.1. The number of urea groups is 1. The van der Waals surface area contributed by atoms with Crippen molar-refractivity contribution in [3.8, 4) is 0 Å². The molecule has 1 spiro atoms. The van der Waals surface area contributed by atoms with Crippen LogP contribution in [0.2, 0.25) is 0 Å². The Morgan fingerprint density at radius 3 is 2.70 bits per heavy atom. The Morgan fingerprint density at radius 2 is 2.00 bits per heavy atom. The maximum absolute atomic E-state index is 12.7. The van der Waals surface area contributed by atoms with Crippen molar-refractivity contribution in [3.63, 3.8) is 0 Å². The molecule has 3 fully saturated rings. The normalized spacial score (nSPS) is 26.4. The monoisotopic (exact) mass is 378 g/mol. The number of imide groups is 1. The number of carbonyl (C=O) groups is 3. The van der Waals surface area contributed by atoms with Gasteiger partial charge in [0.25, 0.3) is 5.91 Å². The Balaban J connectivity index is 1.49. The molecule has 0 aromatic carbocycles. The van der Waals surface area contributed by atoms with E-state index in [0.717, 1.165) is 57.9 Å². The zero-order chi connectivity index (χ0) is 19.4. The average Bonchev–Trinajstić information content (AvgIpc) is 3.20. The fourth-order valence-electron chi connectivity index (χ4n) is 4.78. The summed E-state index contributed by atoms with van der Waals surface area (Å²) in [7, 11) is 0. The molecule has 2 aliphatic heterocycles. The second-order valence-electron chi connectivity index (χ2n) is 8.51. The average molecular weight is 379 g/mol. The van der Waals surface area contributed by atoms with Crippen LogP contribution in [0.3, 0.4) is 0 Å². The highest BCUT2D eigenvalue weighted by molar-refractivity contribution is 6.07. The van der Waals surface area contributed by atoms with E-state index in [2.05, 4.69) is 29.4 Å². The van der Waals surface area contributed by atoms with E-state index in [1.54, 1.807) is 0 Å². The van der Waals surface area contributed by atoms with Crippen LogP contribution in [0.5, 0.6) is 0 Å². The molecular formula is C20H34N4O3. The molecule has 0 aromatic heterocycles. The van der Waals surface area contributed by atoms with Crippen molar-refractivity contribution in [1.82, 2.24) is 20.4 Å². The predicted octanol–water partition coefficient (Wildman–Crippen LogP) is 1.87. The number of nitrogens with one attached hydrogen (secondary N) is 2. The molecule has 27 heavy (non-hydrogen) atoms.